The SMILES string of the molecule is Cc1cc2cc(CNC(=O)C(C)(C)Oc3ccc(Cl)cc3)ccc2[nH]1. The van der Waals surface area contributed by atoms with E-state index in [-0.39, 0.29) is 5.91 Å². The maximum atomic E-state index is 12.5. The molecule has 2 N–H and O–H groups in total. The molecule has 4 nitrogen and oxygen atoms in total. The number of aromatic amines is 1. The lowest BCUT2D eigenvalue weighted by Gasteiger charge is -2.25. The third-order valence-electron chi connectivity index (χ3n) is 4.01. The van der Waals surface area contributed by atoms with Crippen LogP contribution in [0.4, 0.5) is 0 Å². The zero-order valence-corrected chi connectivity index (χ0v) is 15.3. The molecule has 0 atom stereocenters. The number of benzene rings is 2. The highest BCUT2D eigenvalue weighted by molar-refractivity contribution is 6.30. The van der Waals surface area contributed by atoms with Crippen LogP contribution >= 0.6 is 11.6 Å². The molecule has 0 unspecified atom stereocenters. The third kappa shape index (κ3) is 4.15. The fourth-order valence-corrected chi connectivity index (χ4v) is 2.80. The Morgan fingerprint density at radius 2 is 1.88 bits per heavy atom. The molecule has 0 saturated carbocycles. The number of carbonyl (C=O) groups is 1. The molecule has 25 heavy (non-hydrogen) atoms. The van der Waals surface area contributed by atoms with Gasteiger partial charge in [-0.1, -0.05) is 17.7 Å². The first kappa shape index (κ1) is 17.4. The molecule has 3 rings (SSSR count). The van der Waals surface area contributed by atoms with Gasteiger partial charge in [-0.15, -0.1) is 0 Å². The Kier molecular flexibility index (Phi) is 4.73. The van der Waals surface area contributed by atoms with Crippen molar-refractivity contribution in [2.45, 2.75) is 32.9 Å². The summed E-state index contributed by atoms with van der Waals surface area (Å²) in [4.78, 5) is 15.8. The van der Waals surface area contributed by atoms with Crippen LogP contribution < -0.4 is 10.1 Å². The zero-order valence-electron chi connectivity index (χ0n) is 14.5. The Morgan fingerprint density at radius 3 is 2.60 bits per heavy atom. The second-order valence-electron chi connectivity index (χ2n) is 6.62. The molecule has 2 aromatic carbocycles. The normalized spacial score (nSPS) is 11.5. The van der Waals surface area contributed by atoms with E-state index in [4.69, 9.17) is 16.3 Å². The van der Waals surface area contributed by atoms with Crippen molar-refractivity contribution in [2.24, 2.45) is 0 Å². The van der Waals surface area contributed by atoms with Crippen LogP contribution in [-0.2, 0) is 11.3 Å². The van der Waals surface area contributed by atoms with Crippen molar-refractivity contribution < 1.29 is 9.53 Å². The fraction of sp³-hybridized carbons (Fsp3) is 0.250. The monoisotopic (exact) mass is 356 g/mol. The van der Waals surface area contributed by atoms with Crippen LogP contribution in [-0.4, -0.2) is 16.5 Å². The van der Waals surface area contributed by atoms with Gasteiger partial charge in [0.1, 0.15) is 5.75 Å². The Balaban J connectivity index is 1.64. The lowest BCUT2D eigenvalue weighted by molar-refractivity contribution is -0.134. The van der Waals surface area contributed by atoms with E-state index in [2.05, 4.69) is 22.4 Å². The van der Waals surface area contributed by atoms with Crippen LogP contribution in [0.15, 0.2) is 48.5 Å². The average molecular weight is 357 g/mol. The number of nitrogens with one attached hydrogen (secondary N) is 2. The highest BCUT2D eigenvalue weighted by atomic mass is 35.5. The standard InChI is InChI=1S/C20H21ClN2O2/c1-13-10-15-11-14(4-9-18(15)23-13)12-22-19(24)20(2,3)25-17-7-5-16(21)6-8-17/h4-11,23H,12H2,1-3H3,(H,22,24). The van der Waals surface area contributed by atoms with Gasteiger partial charge in [-0.3, -0.25) is 4.79 Å². The van der Waals surface area contributed by atoms with Gasteiger partial charge >= 0.3 is 0 Å². The molecule has 1 amide bonds. The molecule has 130 valence electrons. The highest BCUT2D eigenvalue weighted by Crippen LogP contribution is 2.21. The van der Waals surface area contributed by atoms with Crippen molar-refractivity contribution in [2.75, 3.05) is 0 Å². The minimum Gasteiger partial charge on any atom is -0.478 e. The molecule has 0 aliphatic carbocycles. The molecular formula is C20H21ClN2O2. The molecule has 0 spiro atoms. The Labute approximate surface area is 152 Å². The summed E-state index contributed by atoms with van der Waals surface area (Å²) in [5, 5.41) is 4.71. The maximum absolute atomic E-state index is 12.5. The van der Waals surface area contributed by atoms with Gasteiger partial charge in [-0.2, -0.15) is 0 Å². The first-order chi connectivity index (χ1) is 11.8. The predicted molar refractivity (Wildman–Crippen MR) is 101 cm³/mol. The van der Waals surface area contributed by atoms with Crippen LogP contribution in [0.25, 0.3) is 10.9 Å². The number of hydrogen-bond acceptors (Lipinski definition) is 2. The Hall–Kier alpha value is -2.46. The predicted octanol–water partition coefficient (Wildman–Crippen LogP) is 4.60. The summed E-state index contributed by atoms with van der Waals surface area (Å²) in [6, 6.07) is 15.2. The first-order valence-electron chi connectivity index (χ1n) is 8.15. The number of ether oxygens (including phenoxy) is 1. The highest BCUT2D eigenvalue weighted by Gasteiger charge is 2.29. The Morgan fingerprint density at radius 1 is 1.16 bits per heavy atom. The van der Waals surface area contributed by atoms with Crippen LogP contribution in [0.2, 0.25) is 5.02 Å². The molecule has 0 fully saturated rings. The van der Waals surface area contributed by atoms with Gasteiger partial charge in [0.15, 0.2) is 5.60 Å². The lowest BCUT2D eigenvalue weighted by atomic mass is 10.1. The molecular weight excluding hydrogens is 336 g/mol. The minimum absolute atomic E-state index is 0.173. The van der Waals surface area contributed by atoms with E-state index in [1.807, 2.05) is 19.1 Å². The van der Waals surface area contributed by atoms with Crippen molar-refractivity contribution in [1.82, 2.24) is 10.3 Å². The quantitative estimate of drug-likeness (QED) is 0.701. The van der Waals surface area contributed by atoms with Gasteiger partial charge in [0.05, 0.1) is 0 Å². The van der Waals surface area contributed by atoms with E-state index in [1.165, 1.54) is 0 Å². The summed E-state index contributed by atoms with van der Waals surface area (Å²) in [5.41, 5.74) is 2.28. The average Bonchev–Trinajstić information content (AvgIpc) is 2.93. The van der Waals surface area contributed by atoms with Gasteiger partial charge < -0.3 is 15.0 Å². The van der Waals surface area contributed by atoms with Crippen LogP contribution in [0.5, 0.6) is 5.75 Å². The number of amides is 1. The van der Waals surface area contributed by atoms with Crippen molar-refractivity contribution in [3.8, 4) is 5.75 Å². The number of fused-ring (bicyclic) bond motifs is 1. The van der Waals surface area contributed by atoms with Crippen LogP contribution in [0.1, 0.15) is 25.1 Å². The van der Waals surface area contributed by atoms with Crippen LogP contribution in [0, 0.1) is 6.92 Å². The summed E-state index contributed by atoms with van der Waals surface area (Å²) in [6.45, 7) is 5.97. The number of rotatable bonds is 5. The maximum Gasteiger partial charge on any atom is 0.263 e. The number of H-pyrrole nitrogens is 1. The van der Waals surface area contributed by atoms with E-state index in [1.54, 1.807) is 38.1 Å². The number of halogens is 1. The summed E-state index contributed by atoms with van der Waals surface area (Å²) in [5.74, 6) is 0.432. The molecule has 1 aromatic heterocycles. The molecule has 0 bridgehead atoms. The minimum atomic E-state index is -0.984. The second kappa shape index (κ2) is 6.81. The molecule has 0 aliphatic rings. The zero-order chi connectivity index (χ0) is 18.0. The number of aryl methyl sites for hydroxylation is 1. The number of hydrogen-bond donors (Lipinski definition) is 2. The Bertz CT molecular complexity index is 898. The van der Waals surface area contributed by atoms with E-state index in [0.717, 1.165) is 22.2 Å². The van der Waals surface area contributed by atoms with E-state index in [0.29, 0.717) is 17.3 Å². The summed E-state index contributed by atoms with van der Waals surface area (Å²) < 4.78 is 5.80. The van der Waals surface area contributed by atoms with Crippen molar-refractivity contribution >= 4 is 28.4 Å². The number of carbonyl (C=O) groups excluding carboxylic acids is 1. The van der Waals surface area contributed by atoms with Gasteiger partial charge in [-0.05, 0) is 74.2 Å². The molecule has 5 heteroatoms. The van der Waals surface area contributed by atoms with Gasteiger partial charge in [0.25, 0.3) is 5.91 Å². The fourth-order valence-electron chi connectivity index (χ4n) is 2.68. The topological polar surface area (TPSA) is 54.1 Å². The molecule has 3 aromatic rings. The summed E-state index contributed by atoms with van der Waals surface area (Å²) in [6.07, 6.45) is 0. The first-order valence-corrected chi connectivity index (χ1v) is 8.52. The largest absolute Gasteiger partial charge is 0.478 e. The molecule has 1 heterocycles. The van der Waals surface area contributed by atoms with Gasteiger partial charge in [0, 0.05) is 22.8 Å². The van der Waals surface area contributed by atoms with Gasteiger partial charge in [0.2, 0.25) is 0 Å². The molecule has 0 saturated heterocycles. The lowest BCUT2D eigenvalue weighted by Crippen LogP contribution is -2.46. The summed E-state index contributed by atoms with van der Waals surface area (Å²) >= 11 is 5.87. The molecule has 0 aliphatic heterocycles. The van der Waals surface area contributed by atoms with E-state index < -0.39 is 5.60 Å². The van der Waals surface area contributed by atoms with E-state index in [9.17, 15) is 4.79 Å². The van der Waals surface area contributed by atoms with Crippen molar-refractivity contribution in [1.29, 1.82) is 0 Å². The van der Waals surface area contributed by atoms with Crippen LogP contribution in [0.3, 0.4) is 0 Å². The smallest absolute Gasteiger partial charge is 0.263 e. The number of aromatic nitrogens is 1. The van der Waals surface area contributed by atoms with Crippen molar-refractivity contribution in [3.63, 3.8) is 0 Å². The summed E-state index contributed by atoms with van der Waals surface area (Å²) in [7, 11) is 0. The third-order valence-corrected chi connectivity index (χ3v) is 4.26. The van der Waals surface area contributed by atoms with Crippen molar-refractivity contribution in [3.05, 3.63) is 64.8 Å². The molecule has 0 radical (unpaired) electrons. The van der Waals surface area contributed by atoms with Gasteiger partial charge in [-0.25, -0.2) is 0 Å². The second-order valence-corrected chi connectivity index (χ2v) is 7.06. The van der Waals surface area contributed by atoms with E-state index >= 15 is 0 Å².